The minimum atomic E-state index is -0.0498. The molecule has 0 aliphatic carbocycles. The summed E-state index contributed by atoms with van der Waals surface area (Å²) in [5, 5.41) is 0. The first-order chi connectivity index (χ1) is 8.68. The van der Waals surface area contributed by atoms with Gasteiger partial charge in [-0.1, -0.05) is 18.2 Å². The largest absolute Gasteiger partial charge is 0.336 e. The summed E-state index contributed by atoms with van der Waals surface area (Å²) in [6.07, 6.45) is 1.72. The first-order valence-corrected chi connectivity index (χ1v) is 6.06. The lowest BCUT2D eigenvalue weighted by Crippen LogP contribution is -2.26. The first-order valence-electron chi connectivity index (χ1n) is 5.62. The number of hydrogen-bond acceptors (Lipinski definition) is 3. The molecule has 2 aromatic rings. The van der Waals surface area contributed by atoms with Crippen molar-refractivity contribution in [3.8, 4) is 0 Å². The normalized spacial score (nSPS) is 10.1. The van der Waals surface area contributed by atoms with E-state index >= 15 is 0 Å². The third-order valence-electron chi connectivity index (χ3n) is 2.61. The van der Waals surface area contributed by atoms with Gasteiger partial charge in [0.15, 0.2) is 0 Å². The summed E-state index contributed by atoms with van der Waals surface area (Å²) in [4.78, 5) is 18.7. The van der Waals surface area contributed by atoms with Gasteiger partial charge in [-0.15, -0.1) is 12.6 Å². The fourth-order valence-electron chi connectivity index (χ4n) is 1.67. The average Bonchev–Trinajstić information content (AvgIpc) is 2.39. The van der Waals surface area contributed by atoms with Crippen LogP contribution < -0.4 is 0 Å². The molecular weight excluding hydrogens is 244 g/mol. The van der Waals surface area contributed by atoms with Crippen LogP contribution in [0, 0.1) is 0 Å². The highest BCUT2D eigenvalue weighted by Crippen LogP contribution is 2.15. The van der Waals surface area contributed by atoms with Crippen molar-refractivity contribution in [1.82, 2.24) is 9.88 Å². The molecule has 0 aliphatic rings. The fraction of sp³-hybridized carbons (Fsp3) is 0.143. The maximum atomic E-state index is 12.2. The molecule has 1 aromatic heterocycles. The van der Waals surface area contributed by atoms with Crippen molar-refractivity contribution in [2.24, 2.45) is 0 Å². The van der Waals surface area contributed by atoms with E-state index in [4.69, 9.17) is 0 Å². The highest BCUT2D eigenvalue weighted by Gasteiger charge is 2.14. The van der Waals surface area contributed by atoms with Crippen molar-refractivity contribution in [2.45, 2.75) is 11.4 Å². The number of benzene rings is 1. The molecule has 0 bridgehead atoms. The smallest absolute Gasteiger partial charge is 0.255 e. The first kappa shape index (κ1) is 12.6. The van der Waals surface area contributed by atoms with E-state index in [9.17, 15) is 4.79 Å². The lowest BCUT2D eigenvalue weighted by Gasteiger charge is -2.17. The standard InChI is InChI=1S/C14H14N2OS/c1-16(10-11-6-4-5-9-15-11)14(17)12-7-2-3-8-13(12)18/h2-9,18H,10H2,1H3. The molecule has 0 unspecified atom stereocenters. The molecule has 0 fully saturated rings. The van der Waals surface area contributed by atoms with Crippen LogP contribution in [0.2, 0.25) is 0 Å². The topological polar surface area (TPSA) is 33.2 Å². The van der Waals surface area contributed by atoms with Gasteiger partial charge in [0.1, 0.15) is 0 Å². The van der Waals surface area contributed by atoms with Crippen LogP contribution in [-0.4, -0.2) is 22.8 Å². The summed E-state index contributed by atoms with van der Waals surface area (Å²) in [5.41, 5.74) is 1.48. The number of pyridine rings is 1. The second-order valence-electron chi connectivity index (χ2n) is 4.00. The molecule has 0 N–H and O–H groups in total. The Morgan fingerprint density at radius 2 is 1.94 bits per heavy atom. The third kappa shape index (κ3) is 2.90. The SMILES string of the molecule is CN(Cc1ccccn1)C(=O)c1ccccc1S. The Balaban J connectivity index is 2.13. The van der Waals surface area contributed by atoms with Gasteiger partial charge < -0.3 is 4.90 Å². The van der Waals surface area contributed by atoms with Crippen LogP contribution in [0.3, 0.4) is 0 Å². The molecule has 3 nitrogen and oxygen atoms in total. The highest BCUT2D eigenvalue weighted by molar-refractivity contribution is 7.80. The van der Waals surface area contributed by atoms with Gasteiger partial charge >= 0.3 is 0 Å². The van der Waals surface area contributed by atoms with Crippen LogP contribution >= 0.6 is 12.6 Å². The second kappa shape index (κ2) is 5.69. The number of nitrogens with zero attached hydrogens (tertiary/aromatic N) is 2. The molecule has 0 atom stereocenters. The molecule has 0 aliphatic heterocycles. The highest BCUT2D eigenvalue weighted by atomic mass is 32.1. The summed E-state index contributed by atoms with van der Waals surface area (Å²) in [6.45, 7) is 0.488. The summed E-state index contributed by atoms with van der Waals surface area (Å²) >= 11 is 4.29. The zero-order valence-corrected chi connectivity index (χ0v) is 11.0. The number of hydrogen-bond donors (Lipinski definition) is 1. The third-order valence-corrected chi connectivity index (χ3v) is 3.00. The number of aromatic nitrogens is 1. The maximum Gasteiger partial charge on any atom is 0.255 e. The summed E-state index contributed by atoms with van der Waals surface area (Å²) in [7, 11) is 1.76. The monoisotopic (exact) mass is 258 g/mol. The molecule has 1 amide bonds. The van der Waals surface area contributed by atoms with Crippen LogP contribution in [-0.2, 0) is 6.54 Å². The Kier molecular flexibility index (Phi) is 3.99. The molecule has 18 heavy (non-hydrogen) atoms. The van der Waals surface area contributed by atoms with E-state index in [1.165, 1.54) is 0 Å². The van der Waals surface area contributed by atoms with E-state index in [0.29, 0.717) is 17.0 Å². The van der Waals surface area contributed by atoms with Gasteiger partial charge in [-0.2, -0.15) is 0 Å². The lowest BCUT2D eigenvalue weighted by atomic mass is 10.2. The molecule has 0 spiro atoms. The van der Waals surface area contributed by atoms with Gasteiger partial charge in [0.2, 0.25) is 0 Å². The Morgan fingerprint density at radius 3 is 2.61 bits per heavy atom. The molecule has 0 radical (unpaired) electrons. The number of thiol groups is 1. The molecular formula is C14H14N2OS. The molecule has 2 rings (SSSR count). The number of rotatable bonds is 3. The van der Waals surface area contributed by atoms with Crippen molar-refractivity contribution < 1.29 is 4.79 Å². The van der Waals surface area contributed by atoms with Crippen molar-refractivity contribution in [3.63, 3.8) is 0 Å². The fourth-order valence-corrected chi connectivity index (χ4v) is 1.92. The molecule has 1 heterocycles. The van der Waals surface area contributed by atoms with Crippen LogP contribution in [0.4, 0.5) is 0 Å². The van der Waals surface area contributed by atoms with Gasteiger partial charge in [-0.05, 0) is 24.3 Å². The van der Waals surface area contributed by atoms with Gasteiger partial charge in [0.25, 0.3) is 5.91 Å². The van der Waals surface area contributed by atoms with E-state index < -0.39 is 0 Å². The van der Waals surface area contributed by atoms with Gasteiger partial charge in [-0.25, -0.2) is 0 Å². The summed E-state index contributed by atoms with van der Waals surface area (Å²) in [5.74, 6) is -0.0498. The van der Waals surface area contributed by atoms with E-state index in [1.54, 1.807) is 24.2 Å². The Bertz CT molecular complexity index is 543. The molecule has 1 aromatic carbocycles. The van der Waals surface area contributed by atoms with Gasteiger partial charge in [-0.3, -0.25) is 9.78 Å². The molecule has 92 valence electrons. The predicted molar refractivity (Wildman–Crippen MR) is 73.7 cm³/mol. The quantitative estimate of drug-likeness (QED) is 0.859. The predicted octanol–water partition coefficient (Wildman–Crippen LogP) is 2.64. The zero-order chi connectivity index (χ0) is 13.0. The number of carbonyl (C=O) groups excluding carboxylic acids is 1. The van der Waals surface area contributed by atoms with Crippen molar-refractivity contribution in [1.29, 1.82) is 0 Å². The van der Waals surface area contributed by atoms with Crippen molar-refractivity contribution in [2.75, 3.05) is 7.05 Å². The second-order valence-corrected chi connectivity index (χ2v) is 4.48. The van der Waals surface area contributed by atoms with Crippen LogP contribution in [0.1, 0.15) is 16.1 Å². The van der Waals surface area contributed by atoms with E-state index in [2.05, 4.69) is 17.6 Å². The Morgan fingerprint density at radius 1 is 1.22 bits per heavy atom. The Labute approximate surface area is 112 Å². The van der Waals surface area contributed by atoms with Crippen molar-refractivity contribution >= 4 is 18.5 Å². The van der Waals surface area contributed by atoms with Crippen LogP contribution in [0.25, 0.3) is 0 Å². The zero-order valence-electron chi connectivity index (χ0n) is 10.1. The van der Waals surface area contributed by atoms with Gasteiger partial charge in [0, 0.05) is 18.1 Å². The van der Waals surface area contributed by atoms with Crippen molar-refractivity contribution in [3.05, 3.63) is 59.9 Å². The maximum absolute atomic E-state index is 12.2. The molecule has 4 heteroatoms. The summed E-state index contributed by atoms with van der Waals surface area (Å²) in [6, 6.07) is 12.9. The number of carbonyl (C=O) groups is 1. The minimum absolute atomic E-state index is 0.0498. The lowest BCUT2D eigenvalue weighted by molar-refractivity contribution is 0.0780. The van der Waals surface area contributed by atoms with E-state index in [-0.39, 0.29) is 5.91 Å². The van der Waals surface area contributed by atoms with Crippen LogP contribution in [0.5, 0.6) is 0 Å². The summed E-state index contributed by atoms with van der Waals surface area (Å²) < 4.78 is 0. The molecule has 0 saturated carbocycles. The van der Waals surface area contributed by atoms with Gasteiger partial charge in [0.05, 0.1) is 17.8 Å². The van der Waals surface area contributed by atoms with E-state index in [1.807, 2.05) is 36.4 Å². The average molecular weight is 258 g/mol. The minimum Gasteiger partial charge on any atom is -0.336 e. The molecule has 0 saturated heterocycles. The number of amides is 1. The Hall–Kier alpha value is -1.81. The van der Waals surface area contributed by atoms with Crippen LogP contribution in [0.15, 0.2) is 53.6 Å². The van der Waals surface area contributed by atoms with E-state index in [0.717, 1.165) is 5.69 Å².